The maximum Gasteiger partial charge on any atom is 0.416 e. The van der Waals surface area contributed by atoms with Crippen LogP contribution in [0.2, 0.25) is 0 Å². The largest absolute Gasteiger partial charge is 0.416 e. The van der Waals surface area contributed by atoms with Crippen LogP contribution in [-0.4, -0.2) is 6.54 Å². The summed E-state index contributed by atoms with van der Waals surface area (Å²) in [7, 11) is 0. The van der Waals surface area contributed by atoms with E-state index < -0.39 is 22.8 Å². The van der Waals surface area contributed by atoms with Gasteiger partial charge < -0.3 is 5.73 Å². The Morgan fingerprint density at radius 3 is 1.78 bits per heavy atom. The van der Waals surface area contributed by atoms with Crippen molar-refractivity contribution in [2.75, 3.05) is 6.54 Å². The Kier molecular flexibility index (Phi) is 3.77. The van der Waals surface area contributed by atoms with Crippen molar-refractivity contribution in [3.8, 4) is 0 Å². The van der Waals surface area contributed by atoms with Crippen molar-refractivity contribution >= 4 is 0 Å². The van der Waals surface area contributed by atoms with Gasteiger partial charge in [0, 0.05) is 17.5 Å². The molecule has 2 N–H and O–H groups in total. The van der Waals surface area contributed by atoms with Crippen molar-refractivity contribution in [1.29, 1.82) is 0 Å². The van der Waals surface area contributed by atoms with Gasteiger partial charge in [-0.1, -0.05) is 32.0 Å². The number of benzene rings is 1. The zero-order chi connectivity index (χ0) is 14.2. The summed E-state index contributed by atoms with van der Waals surface area (Å²) in [6.45, 7) is 4.12. The second kappa shape index (κ2) is 4.53. The molecule has 0 fully saturated rings. The van der Waals surface area contributed by atoms with Gasteiger partial charge in [-0.2, -0.15) is 13.2 Å². The lowest BCUT2D eigenvalue weighted by atomic mass is 9.72. The molecule has 18 heavy (non-hydrogen) atoms. The molecule has 102 valence electrons. The van der Waals surface area contributed by atoms with Crippen molar-refractivity contribution in [2.45, 2.75) is 32.6 Å². The van der Waals surface area contributed by atoms with E-state index in [-0.39, 0.29) is 12.1 Å². The smallest absolute Gasteiger partial charge is 0.330 e. The van der Waals surface area contributed by atoms with Crippen LogP contribution in [0.1, 0.15) is 31.9 Å². The van der Waals surface area contributed by atoms with Crippen molar-refractivity contribution in [1.82, 2.24) is 0 Å². The lowest BCUT2D eigenvalue weighted by Gasteiger charge is -2.38. The summed E-state index contributed by atoms with van der Waals surface area (Å²) < 4.78 is 53.4. The van der Waals surface area contributed by atoms with Gasteiger partial charge in [0.1, 0.15) is 5.67 Å². The first kappa shape index (κ1) is 15.0. The van der Waals surface area contributed by atoms with Gasteiger partial charge in [0.2, 0.25) is 0 Å². The van der Waals surface area contributed by atoms with E-state index in [0.717, 1.165) is 13.0 Å². The van der Waals surface area contributed by atoms with Gasteiger partial charge in [-0.3, -0.25) is 0 Å². The molecular formula is C13H17F4N. The summed E-state index contributed by atoms with van der Waals surface area (Å²) >= 11 is 0. The van der Waals surface area contributed by atoms with E-state index in [2.05, 4.69) is 0 Å². The summed E-state index contributed by atoms with van der Waals surface area (Å²) in [4.78, 5) is 0. The van der Waals surface area contributed by atoms with Crippen LogP contribution in [0.4, 0.5) is 17.6 Å². The summed E-state index contributed by atoms with van der Waals surface area (Å²) in [5, 5.41) is 0. The highest BCUT2D eigenvalue weighted by molar-refractivity contribution is 5.35. The van der Waals surface area contributed by atoms with Crippen LogP contribution in [0.5, 0.6) is 0 Å². The molecule has 0 aliphatic rings. The van der Waals surface area contributed by atoms with Crippen LogP contribution in [0.15, 0.2) is 24.3 Å². The van der Waals surface area contributed by atoms with Crippen molar-refractivity contribution in [3.05, 3.63) is 35.4 Å². The Morgan fingerprint density at radius 2 is 1.39 bits per heavy atom. The Hall–Kier alpha value is -1.10. The third-order valence-corrected chi connectivity index (χ3v) is 3.52. The zero-order valence-corrected chi connectivity index (χ0v) is 10.6. The number of nitrogens with two attached hydrogens (primary N) is 1. The highest BCUT2D eigenvalue weighted by Crippen LogP contribution is 2.46. The summed E-state index contributed by atoms with van der Waals surface area (Å²) in [5.41, 5.74) is 0.905. The quantitative estimate of drug-likeness (QED) is 0.823. The average molecular weight is 263 g/mol. The maximum absolute atomic E-state index is 14.8. The van der Waals surface area contributed by atoms with Gasteiger partial charge in [-0.15, -0.1) is 0 Å². The number of halogens is 4. The minimum Gasteiger partial charge on any atom is -0.330 e. The fraction of sp³-hybridized carbons (Fsp3) is 0.538. The van der Waals surface area contributed by atoms with Gasteiger partial charge in [-0.25, -0.2) is 4.39 Å². The second-order valence-electron chi connectivity index (χ2n) is 5.13. The second-order valence-corrected chi connectivity index (χ2v) is 5.13. The van der Waals surface area contributed by atoms with Gasteiger partial charge in [-0.05, 0) is 13.0 Å². The number of hydrogen-bond acceptors (Lipinski definition) is 1. The predicted octanol–water partition coefficient (Wildman–Crippen LogP) is 3.88. The Morgan fingerprint density at radius 1 is 0.944 bits per heavy atom. The Bertz CT molecular complexity index is 421. The number of rotatable bonds is 3. The lowest BCUT2D eigenvalue weighted by molar-refractivity contribution is -0.140. The maximum atomic E-state index is 14.8. The molecule has 0 saturated heterocycles. The first-order valence-corrected chi connectivity index (χ1v) is 5.60. The van der Waals surface area contributed by atoms with E-state index in [1.54, 1.807) is 0 Å². The normalized spacial score (nSPS) is 16.4. The number of alkyl halides is 4. The molecule has 1 aromatic carbocycles. The van der Waals surface area contributed by atoms with Crippen molar-refractivity contribution in [3.63, 3.8) is 0 Å². The van der Waals surface area contributed by atoms with Gasteiger partial charge in [0.25, 0.3) is 0 Å². The van der Waals surface area contributed by atoms with Crippen LogP contribution in [0, 0.1) is 5.41 Å². The minimum absolute atomic E-state index is 0.0494. The molecule has 0 aliphatic carbocycles. The fourth-order valence-electron chi connectivity index (χ4n) is 1.70. The third-order valence-electron chi connectivity index (χ3n) is 3.52. The fourth-order valence-corrected chi connectivity index (χ4v) is 1.70. The molecule has 0 bridgehead atoms. The van der Waals surface area contributed by atoms with Crippen molar-refractivity contribution in [2.24, 2.45) is 11.1 Å². The highest BCUT2D eigenvalue weighted by Gasteiger charge is 2.47. The molecule has 1 unspecified atom stereocenters. The van der Waals surface area contributed by atoms with Crippen LogP contribution in [0.3, 0.4) is 0 Å². The van der Waals surface area contributed by atoms with Crippen LogP contribution < -0.4 is 5.73 Å². The molecule has 1 rings (SSSR count). The third kappa shape index (κ3) is 2.51. The predicted molar refractivity (Wildman–Crippen MR) is 62.7 cm³/mol. The molecule has 0 aliphatic heterocycles. The van der Waals surface area contributed by atoms with E-state index in [4.69, 9.17) is 5.73 Å². The molecule has 1 nitrogen and oxygen atoms in total. The molecular weight excluding hydrogens is 246 g/mol. The van der Waals surface area contributed by atoms with E-state index in [1.165, 1.54) is 32.0 Å². The van der Waals surface area contributed by atoms with Gasteiger partial charge >= 0.3 is 6.18 Å². The molecule has 0 heterocycles. The monoisotopic (exact) mass is 263 g/mol. The van der Waals surface area contributed by atoms with Crippen LogP contribution >= 0.6 is 0 Å². The van der Waals surface area contributed by atoms with E-state index in [9.17, 15) is 17.6 Å². The lowest BCUT2D eigenvalue weighted by Crippen LogP contribution is -2.42. The topological polar surface area (TPSA) is 26.0 Å². The van der Waals surface area contributed by atoms with Gasteiger partial charge in [0.15, 0.2) is 0 Å². The highest BCUT2D eigenvalue weighted by atomic mass is 19.4. The first-order chi connectivity index (χ1) is 8.04. The molecule has 0 spiro atoms. The molecule has 0 radical (unpaired) electrons. The summed E-state index contributed by atoms with van der Waals surface area (Å²) in [5.74, 6) is 0. The Labute approximate surface area is 104 Å². The summed E-state index contributed by atoms with van der Waals surface area (Å²) in [6, 6.07) is 4.70. The zero-order valence-electron chi connectivity index (χ0n) is 10.6. The SMILES string of the molecule is CC(C)(CN)C(C)(F)c1ccccc1C(F)(F)F. The molecule has 1 atom stereocenters. The summed E-state index contributed by atoms with van der Waals surface area (Å²) in [6.07, 6.45) is -4.57. The Balaban J connectivity index is 3.43. The molecule has 5 heteroatoms. The van der Waals surface area contributed by atoms with E-state index >= 15 is 0 Å². The van der Waals surface area contributed by atoms with Crippen LogP contribution in [0.25, 0.3) is 0 Å². The molecule has 0 aromatic heterocycles. The standard InChI is InChI=1S/C13H17F4N/c1-11(2,8-18)12(3,14)9-6-4-5-7-10(9)13(15,16)17/h4-7H,8,18H2,1-3H3. The van der Waals surface area contributed by atoms with E-state index in [1.807, 2.05) is 0 Å². The van der Waals surface area contributed by atoms with Crippen molar-refractivity contribution < 1.29 is 17.6 Å². The van der Waals surface area contributed by atoms with E-state index in [0.29, 0.717) is 0 Å². The molecule has 0 saturated carbocycles. The average Bonchev–Trinajstić information content (AvgIpc) is 2.27. The van der Waals surface area contributed by atoms with Gasteiger partial charge in [0.05, 0.1) is 5.56 Å². The van der Waals surface area contributed by atoms with Crippen LogP contribution in [-0.2, 0) is 11.8 Å². The molecule has 0 amide bonds. The minimum atomic E-state index is -4.57. The molecule has 1 aromatic rings. The first-order valence-electron chi connectivity index (χ1n) is 5.60. The number of hydrogen-bond donors (Lipinski definition) is 1.